The van der Waals surface area contributed by atoms with Crippen LogP contribution in [0.3, 0.4) is 0 Å². The maximum atomic E-state index is 12.5. The van der Waals surface area contributed by atoms with Crippen molar-refractivity contribution >= 4 is 11.9 Å². The van der Waals surface area contributed by atoms with Crippen molar-refractivity contribution in [2.45, 2.75) is 6.18 Å². The molecule has 1 nitrogen and oxygen atoms in total. The van der Waals surface area contributed by atoms with E-state index in [0.29, 0.717) is 11.1 Å². The van der Waals surface area contributed by atoms with E-state index in [4.69, 9.17) is 0 Å². The molecule has 0 heterocycles. The van der Waals surface area contributed by atoms with Crippen LogP contribution in [-0.2, 0) is 6.18 Å². The molecule has 0 saturated heterocycles. The largest absolute Gasteiger partial charge is 0.416 e. The molecular formula is C16H11F3O. The highest BCUT2D eigenvalue weighted by atomic mass is 19.4. The molecule has 2 rings (SSSR count). The Labute approximate surface area is 114 Å². The van der Waals surface area contributed by atoms with E-state index < -0.39 is 11.7 Å². The number of rotatable bonds is 3. The number of alkyl halides is 3. The zero-order valence-corrected chi connectivity index (χ0v) is 10.4. The Kier molecular flexibility index (Phi) is 4.03. The second kappa shape index (κ2) is 5.74. The highest BCUT2D eigenvalue weighted by Crippen LogP contribution is 2.29. The fraction of sp³-hybridized carbons (Fsp3) is 0.0625. The molecule has 0 bridgehead atoms. The topological polar surface area (TPSA) is 17.1 Å². The molecule has 0 N–H and O–H groups in total. The van der Waals surface area contributed by atoms with Crippen LogP contribution in [-0.4, -0.2) is 5.78 Å². The Balaban J connectivity index is 2.18. The number of halogens is 3. The summed E-state index contributed by atoms with van der Waals surface area (Å²) in [6, 6.07) is 13.4. The molecule has 0 aliphatic rings. The average molecular weight is 276 g/mol. The molecule has 0 aromatic heterocycles. The quantitative estimate of drug-likeness (QED) is 0.591. The Morgan fingerprint density at radius 2 is 1.65 bits per heavy atom. The number of carbonyl (C=O) groups is 1. The summed E-state index contributed by atoms with van der Waals surface area (Å²) in [7, 11) is 0. The molecule has 2 aromatic rings. The van der Waals surface area contributed by atoms with Crippen LogP contribution in [0.4, 0.5) is 13.2 Å². The summed E-state index contributed by atoms with van der Waals surface area (Å²) in [6.45, 7) is 0. The summed E-state index contributed by atoms with van der Waals surface area (Å²) in [4.78, 5) is 11.8. The van der Waals surface area contributed by atoms with Crippen molar-refractivity contribution in [3.63, 3.8) is 0 Å². The van der Waals surface area contributed by atoms with Gasteiger partial charge in [-0.1, -0.05) is 48.5 Å². The summed E-state index contributed by atoms with van der Waals surface area (Å²) in [5.74, 6) is -0.247. The summed E-state index contributed by atoms with van der Waals surface area (Å²) in [6.07, 6.45) is -1.73. The van der Waals surface area contributed by atoms with Crippen LogP contribution in [0.5, 0.6) is 0 Å². The maximum absolute atomic E-state index is 12.5. The second-order valence-corrected chi connectivity index (χ2v) is 4.19. The van der Waals surface area contributed by atoms with Crippen molar-refractivity contribution in [3.05, 3.63) is 77.4 Å². The molecule has 0 aliphatic carbocycles. The van der Waals surface area contributed by atoms with Gasteiger partial charge in [-0.3, -0.25) is 4.79 Å². The van der Waals surface area contributed by atoms with Gasteiger partial charge in [0, 0.05) is 5.56 Å². The van der Waals surface area contributed by atoms with Crippen LogP contribution >= 0.6 is 0 Å². The molecule has 0 saturated carbocycles. The van der Waals surface area contributed by atoms with Gasteiger partial charge >= 0.3 is 6.18 Å². The predicted octanol–water partition coefficient (Wildman–Crippen LogP) is 4.60. The van der Waals surface area contributed by atoms with Gasteiger partial charge in [0.05, 0.1) is 5.56 Å². The summed E-state index contributed by atoms with van der Waals surface area (Å²) in [5.41, 5.74) is 0.103. The summed E-state index contributed by atoms with van der Waals surface area (Å²) in [5, 5.41) is 0. The first kappa shape index (κ1) is 14.1. The van der Waals surface area contributed by atoms with Crippen LogP contribution in [0, 0.1) is 0 Å². The molecule has 0 atom stereocenters. The highest BCUT2D eigenvalue weighted by molar-refractivity contribution is 6.06. The molecule has 0 spiro atoms. The number of benzene rings is 2. The SMILES string of the molecule is O=C(/C=C/c1cccc(C(F)(F)F)c1)c1ccccc1. The smallest absolute Gasteiger partial charge is 0.289 e. The molecule has 0 radical (unpaired) electrons. The molecule has 0 amide bonds. The molecule has 4 heteroatoms. The zero-order chi connectivity index (χ0) is 14.6. The van der Waals surface area contributed by atoms with Crippen molar-refractivity contribution < 1.29 is 18.0 Å². The van der Waals surface area contributed by atoms with Gasteiger partial charge in [0.15, 0.2) is 5.78 Å². The van der Waals surface area contributed by atoms with E-state index in [-0.39, 0.29) is 5.78 Å². The lowest BCUT2D eigenvalue weighted by atomic mass is 10.1. The fourth-order valence-electron chi connectivity index (χ4n) is 1.69. The van der Waals surface area contributed by atoms with Gasteiger partial charge < -0.3 is 0 Å². The first-order valence-electron chi connectivity index (χ1n) is 5.91. The lowest BCUT2D eigenvalue weighted by Crippen LogP contribution is -2.04. The Bertz CT molecular complexity index is 628. The third kappa shape index (κ3) is 3.57. The molecule has 20 heavy (non-hydrogen) atoms. The van der Waals surface area contributed by atoms with Crippen LogP contribution in [0.2, 0.25) is 0 Å². The van der Waals surface area contributed by atoms with Crippen molar-refractivity contribution in [3.8, 4) is 0 Å². The van der Waals surface area contributed by atoms with Crippen LogP contribution in [0.15, 0.2) is 60.7 Å². The number of hydrogen-bond donors (Lipinski definition) is 0. The van der Waals surface area contributed by atoms with Gasteiger partial charge in [-0.05, 0) is 23.8 Å². The standard InChI is InChI=1S/C16H11F3O/c17-16(18,19)14-8-4-5-12(11-14)9-10-15(20)13-6-2-1-3-7-13/h1-11H/b10-9+. The molecule has 0 aliphatic heterocycles. The minimum Gasteiger partial charge on any atom is -0.289 e. The summed E-state index contributed by atoms with van der Waals surface area (Å²) >= 11 is 0. The Morgan fingerprint density at radius 1 is 0.950 bits per heavy atom. The van der Waals surface area contributed by atoms with Crippen LogP contribution in [0.25, 0.3) is 6.08 Å². The Morgan fingerprint density at radius 3 is 2.30 bits per heavy atom. The van der Waals surface area contributed by atoms with Gasteiger partial charge in [0.2, 0.25) is 0 Å². The van der Waals surface area contributed by atoms with Crippen molar-refractivity contribution in [2.75, 3.05) is 0 Å². The maximum Gasteiger partial charge on any atom is 0.416 e. The lowest BCUT2D eigenvalue weighted by Gasteiger charge is -2.06. The van der Waals surface area contributed by atoms with E-state index in [0.717, 1.165) is 12.1 Å². The Hall–Kier alpha value is -2.36. The number of carbonyl (C=O) groups excluding carboxylic acids is 1. The van der Waals surface area contributed by atoms with Gasteiger partial charge in [0.25, 0.3) is 0 Å². The van der Waals surface area contributed by atoms with E-state index in [2.05, 4.69) is 0 Å². The van der Waals surface area contributed by atoms with E-state index in [1.54, 1.807) is 30.3 Å². The van der Waals surface area contributed by atoms with Crippen LogP contribution in [0.1, 0.15) is 21.5 Å². The van der Waals surface area contributed by atoms with Crippen LogP contribution < -0.4 is 0 Å². The summed E-state index contributed by atoms with van der Waals surface area (Å²) < 4.78 is 37.6. The third-order valence-electron chi connectivity index (χ3n) is 2.70. The van der Waals surface area contributed by atoms with E-state index in [1.807, 2.05) is 0 Å². The van der Waals surface area contributed by atoms with Crippen molar-refractivity contribution in [2.24, 2.45) is 0 Å². The number of ketones is 1. The first-order chi connectivity index (χ1) is 9.47. The van der Waals surface area contributed by atoms with Gasteiger partial charge in [-0.15, -0.1) is 0 Å². The van der Waals surface area contributed by atoms with Gasteiger partial charge in [0.1, 0.15) is 0 Å². The van der Waals surface area contributed by atoms with Gasteiger partial charge in [-0.25, -0.2) is 0 Å². The molecule has 102 valence electrons. The fourth-order valence-corrected chi connectivity index (χ4v) is 1.69. The van der Waals surface area contributed by atoms with Crippen molar-refractivity contribution in [1.82, 2.24) is 0 Å². The van der Waals surface area contributed by atoms with Gasteiger partial charge in [-0.2, -0.15) is 13.2 Å². The van der Waals surface area contributed by atoms with E-state index >= 15 is 0 Å². The molecule has 0 fully saturated rings. The normalized spacial score (nSPS) is 11.8. The average Bonchev–Trinajstić information content (AvgIpc) is 2.45. The predicted molar refractivity (Wildman–Crippen MR) is 71.3 cm³/mol. The lowest BCUT2D eigenvalue weighted by molar-refractivity contribution is -0.137. The highest BCUT2D eigenvalue weighted by Gasteiger charge is 2.30. The van der Waals surface area contributed by atoms with Crippen molar-refractivity contribution in [1.29, 1.82) is 0 Å². The zero-order valence-electron chi connectivity index (χ0n) is 10.4. The monoisotopic (exact) mass is 276 g/mol. The minimum atomic E-state index is -4.38. The molecular weight excluding hydrogens is 265 g/mol. The van der Waals surface area contributed by atoms with E-state index in [1.165, 1.54) is 24.3 Å². The third-order valence-corrected chi connectivity index (χ3v) is 2.70. The minimum absolute atomic E-state index is 0.247. The first-order valence-corrected chi connectivity index (χ1v) is 5.91. The second-order valence-electron chi connectivity index (χ2n) is 4.19. The number of hydrogen-bond acceptors (Lipinski definition) is 1. The molecule has 0 unspecified atom stereocenters. The van der Waals surface area contributed by atoms with E-state index in [9.17, 15) is 18.0 Å². The number of allylic oxidation sites excluding steroid dienone is 1. The molecule has 2 aromatic carbocycles.